The van der Waals surface area contributed by atoms with E-state index < -0.39 is 5.76 Å². The minimum Gasteiger partial charge on any atom is -0.408 e. The maximum Gasteiger partial charge on any atom is 0.419 e. The first-order chi connectivity index (χ1) is 13.6. The SMILES string of the molecule is Cn1c(=O)oc2cc3c(cc21)[C@H](c1cccc(Cn2cccn2)c1)CC(=O)N3. The molecule has 7 nitrogen and oxygen atoms in total. The molecule has 7 heteroatoms. The van der Waals surface area contributed by atoms with Crippen LogP contribution in [0.25, 0.3) is 11.1 Å². The molecule has 1 aliphatic rings. The van der Waals surface area contributed by atoms with E-state index in [1.165, 1.54) is 4.57 Å². The lowest BCUT2D eigenvalue weighted by Crippen LogP contribution is -2.23. The van der Waals surface area contributed by atoms with Gasteiger partial charge in [-0.2, -0.15) is 5.10 Å². The standard InChI is InChI=1S/C21H18N4O3/c1-24-18-9-16-15(10-20(26)23-17(16)11-19(18)28-21(24)27)14-5-2-4-13(8-14)12-25-7-3-6-22-25/h2-9,11,15H,10,12H2,1H3,(H,23,26)/t15-/m0/s1. The largest absolute Gasteiger partial charge is 0.419 e. The van der Waals surface area contributed by atoms with Crippen molar-refractivity contribution in [2.24, 2.45) is 7.05 Å². The summed E-state index contributed by atoms with van der Waals surface area (Å²) in [7, 11) is 1.68. The third-order valence-corrected chi connectivity index (χ3v) is 5.26. The van der Waals surface area contributed by atoms with Gasteiger partial charge in [0.15, 0.2) is 5.58 Å². The molecule has 0 radical (unpaired) electrons. The van der Waals surface area contributed by atoms with Crippen molar-refractivity contribution in [3.05, 3.63) is 82.1 Å². The Kier molecular flexibility index (Phi) is 3.68. The smallest absolute Gasteiger partial charge is 0.408 e. The van der Waals surface area contributed by atoms with Gasteiger partial charge < -0.3 is 9.73 Å². The van der Waals surface area contributed by atoms with E-state index in [4.69, 9.17) is 4.42 Å². The summed E-state index contributed by atoms with van der Waals surface area (Å²) in [6.07, 6.45) is 4.04. The molecule has 0 fully saturated rings. The maximum absolute atomic E-state index is 12.3. The molecule has 4 aromatic rings. The van der Waals surface area contributed by atoms with E-state index in [2.05, 4.69) is 22.5 Å². The number of oxazole rings is 1. The molecule has 2 aromatic heterocycles. The Labute approximate surface area is 160 Å². The van der Waals surface area contributed by atoms with Crippen molar-refractivity contribution in [1.82, 2.24) is 14.3 Å². The van der Waals surface area contributed by atoms with Gasteiger partial charge in [0.05, 0.1) is 12.1 Å². The summed E-state index contributed by atoms with van der Waals surface area (Å²) in [5.74, 6) is -0.551. The maximum atomic E-state index is 12.3. The number of benzene rings is 2. The number of anilines is 1. The zero-order valence-electron chi connectivity index (χ0n) is 15.3. The molecule has 0 aliphatic carbocycles. The number of amides is 1. The summed E-state index contributed by atoms with van der Waals surface area (Å²) in [5, 5.41) is 7.16. The van der Waals surface area contributed by atoms with Crippen LogP contribution in [0.4, 0.5) is 5.69 Å². The summed E-state index contributed by atoms with van der Waals surface area (Å²) in [6.45, 7) is 0.669. The molecule has 140 valence electrons. The Morgan fingerprint density at radius 1 is 1.21 bits per heavy atom. The molecule has 0 bridgehead atoms. The number of rotatable bonds is 3. The highest BCUT2D eigenvalue weighted by molar-refractivity contribution is 5.97. The monoisotopic (exact) mass is 374 g/mol. The number of nitrogens with zero attached hydrogens (tertiary/aromatic N) is 3. The van der Waals surface area contributed by atoms with E-state index in [0.29, 0.717) is 24.2 Å². The molecule has 3 heterocycles. The van der Waals surface area contributed by atoms with Gasteiger partial charge in [-0.15, -0.1) is 0 Å². The van der Waals surface area contributed by atoms with Crippen molar-refractivity contribution in [2.45, 2.75) is 18.9 Å². The topological polar surface area (TPSA) is 82.1 Å². The number of carbonyl (C=O) groups is 1. The van der Waals surface area contributed by atoms with Gasteiger partial charge in [0.2, 0.25) is 5.91 Å². The number of fused-ring (bicyclic) bond motifs is 2. The highest BCUT2D eigenvalue weighted by Gasteiger charge is 2.28. The fourth-order valence-corrected chi connectivity index (χ4v) is 3.87. The van der Waals surface area contributed by atoms with Crippen LogP contribution in [0.5, 0.6) is 0 Å². The van der Waals surface area contributed by atoms with Crippen molar-refractivity contribution >= 4 is 22.7 Å². The van der Waals surface area contributed by atoms with E-state index in [-0.39, 0.29) is 11.8 Å². The van der Waals surface area contributed by atoms with Crippen LogP contribution < -0.4 is 11.1 Å². The van der Waals surface area contributed by atoms with E-state index >= 15 is 0 Å². The second-order valence-electron chi connectivity index (χ2n) is 7.09. The predicted octanol–water partition coefficient (Wildman–Crippen LogP) is 2.85. The minimum atomic E-state index is -0.415. The van der Waals surface area contributed by atoms with E-state index in [1.807, 2.05) is 35.1 Å². The molecular weight excluding hydrogens is 356 g/mol. The third kappa shape index (κ3) is 2.72. The summed E-state index contributed by atoms with van der Waals surface area (Å²) >= 11 is 0. The molecule has 1 aliphatic heterocycles. The molecule has 1 N–H and O–H groups in total. The van der Waals surface area contributed by atoms with Crippen molar-refractivity contribution in [3.63, 3.8) is 0 Å². The average Bonchev–Trinajstić information content (AvgIpc) is 3.28. The highest BCUT2D eigenvalue weighted by Crippen LogP contribution is 2.39. The first-order valence-corrected chi connectivity index (χ1v) is 9.08. The number of hydrogen-bond acceptors (Lipinski definition) is 4. The Balaban J connectivity index is 1.60. The molecule has 2 aromatic carbocycles. The molecule has 5 rings (SSSR count). The predicted molar refractivity (Wildman–Crippen MR) is 104 cm³/mol. The highest BCUT2D eigenvalue weighted by atomic mass is 16.4. The summed E-state index contributed by atoms with van der Waals surface area (Å²) in [5.41, 5.74) is 5.05. The summed E-state index contributed by atoms with van der Waals surface area (Å²) in [4.78, 5) is 24.2. The van der Waals surface area contributed by atoms with Crippen LogP contribution in [0.15, 0.2) is 64.1 Å². The number of carbonyl (C=O) groups excluding carboxylic acids is 1. The average molecular weight is 374 g/mol. The van der Waals surface area contributed by atoms with Crippen molar-refractivity contribution in [3.8, 4) is 0 Å². The van der Waals surface area contributed by atoms with Crippen molar-refractivity contribution in [2.75, 3.05) is 5.32 Å². The van der Waals surface area contributed by atoms with Gasteiger partial charge >= 0.3 is 5.76 Å². The lowest BCUT2D eigenvalue weighted by molar-refractivity contribution is -0.116. The molecule has 0 spiro atoms. The molecular formula is C21H18N4O3. The molecule has 0 unspecified atom stereocenters. The van der Waals surface area contributed by atoms with Gasteiger partial charge in [-0.3, -0.25) is 14.0 Å². The first-order valence-electron chi connectivity index (χ1n) is 9.08. The van der Waals surface area contributed by atoms with Crippen LogP contribution in [0.1, 0.15) is 29.0 Å². The summed E-state index contributed by atoms with van der Waals surface area (Å²) < 4.78 is 8.62. The van der Waals surface area contributed by atoms with Gasteiger partial charge in [0.25, 0.3) is 0 Å². The van der Waals surface area contributed by atoms with Crippen LogP contribution >= 0.6 is 0 Å². The number of hydrogen-bond donors (Lipinski definition) is 1. The first kappa shape index (κ1) is 16.6. The number of aromatic nitrogens is 3. The van der Waals surface area contributed by atoms with Gasteiger partial charge in [0, 0.05) is 43.5 Å². The van der Waals surface area contributed by atoms with Crippen molar-refractivity contribution in [1.29, 1.82) is 0 Å². The molecule has 0 saturated carbocycles. The summed E-state index contributed by atoms with van der Waals surface area (Å²) in [6, 6.07) is 13.8. The Bertz CT molecular complexity index is 1250. The third-order valence-electron chi connectivity index (χ3n) is 5.26. The number of aryl methyl sites for hydroxylation is 1. The Morgan fingerprint density at radius 3 is 2.93 bits per heavy atom. The molecule has 1 atom stereocenters. The quantitative estimate of drug-likeness (QED) is 0.598. The van der Waals surface area contributed by atoms with Crippen LogP contribution in [0, 0.1) is 0 Å². The lowest BCUT2D eigenvalue weighted by atomic mass is 9.84. The van der Waals surface area contributed by atoms with E-state index in [1.54, 1.807) is 19.3 Å². The van der Waals surface area contributed by atoms with Gasteiger partial charge in [-0.05, 0) is 28.8 Å². The Morgan fingerprint density at radius 2 is 2.11 bits per heavy atom. The number of nitrogens with one attached hydrogen (secondary N) is 1. The molecule has 28 heavy (non-hydrogen) atoms. The minimum absolute atomic E-state index is 0.0485. The van der Waals surface area contributed by atoms with E-state index in [0.717, 1.165) is 22.2 Å². The normalized spacial score (nSPS) is 16.2. The zero-order chi connectivity index (χ0) is 19.3. The lowest BCUT2D eigenvalue weighted by Gasteiger charge is -2.26. The Hall–Kier alpha value is -3.61. The van der Waals surface area contributed by atoms with Crippen molar-refractivity contribution < 1.29 is 9.21 Å². The fraction of sp³-hybridized carbons (Fsp3) is 0.190. The van der Waals surface area contributed by atoms with Gasteiger partial charge in [0.1, 0.15) is 0 Å². The fourth-order valence-electron chi connectivity index (χ4n) is 3.87. The second kappa shape index (κ2) is 6.23. The zero-order valence-corrected chi connectivity index (χ0v) is 15.3. The van der Waals surface area contributed by atoms with Crippen LogP contribution in [0.2, 0.25) is 0 Å². The second-order valence-corrected chi connectivity index (χ2v) is 7.09. The van der Waals surface area contributed by atoms with Gasteiger partial charge in [-0.25, -0.2) is 4.79 Å². The van der Waals surface area contributed by atoms with Crippen LogP contribution in [-0.4, -0.2) is 20.3 Å². The van der Waals surface area contributed by atoms with E-state index in [9.17, 15) is 9.59 Å². The molecule has 0 saturated heterocycles. The van der Waals surface area contributed by atoms with Crippen LogP contribution in [-0.2, 0) is 18.4 Å². The molecule has 1 amide bonds. The van der Waals surface area contributed by atoms with Gasteiger partial charge in [-0.1, -0.05) is 24.3 Å². The van der Waals surface area contributed by atoms with Crippen LogP contribution in [0.3, 0.4) is 0 Å².